The average molecular weight is 236 g/mol. The summed E-state index contributed by atoms with van der Waals surface area (Å²) in [6, 6.07) is 17.5. The maximum atomic E-state index is 9.10. The molecule has 1 saturated carbocycles. The van der Waals surface area contributed by atoms with Crippen LogP contribution in [0, 0.1) is 17.2 Å². The van der Waals surface area contributed by atoms with Gasteiger partial charge in [-0.15, -0.1) is 0 Å². The normalized spacial score (nSPS) is 22.8. The van der Waals surface area contributed by atoms with Crippen LogP contribution in [-0.4, -0.2) is 6.04 Å². The van der Waals surface area contributed by atoms with E-state index in [9.17, 15) is 0 Å². The van der Waals surface area contributed by atoms with Crippen LogP contribution in [0.15, 0.2) is 42.5 Å². The van der Waals surface area contributed by atoms with Crippen molar-refractivity contribution in [2.24, 2.45) is 5.92 Å². The van der Waals surface area contributed by atoms with Gasteiger partial charge < -0.3 is 5.32 Å². The van der Waals surface area contributed by atoms with Gasteiger partial charge in [0.1, 0.15) is 0 Å². The number of fused-ring (bicyclic) bond motifs is 1. The monoisotopic (exact) mass is 236 g/mol. The zero-order chi connectivity index (χ0) is 12.4. The second-order valence-corrected chi connectivity index (χ2v) is 4.98. The fourth-order valence-electron chi connectivity index (χ4n) is 2.78. The smallest absolute Gasteiger partial charge is 0.0677 e. The fraction of sp³-hybridized carbons (Fsp3) is 0.312. The number of nitriles is 1. The molecule has 0 spiro atoms. The standard InChI is InChI=1S/C16H16N2/c17-11-14-6-3-7-16(14)18-15-9-8-12-4-1-2-5-13(12)10-15/h1-2,4-5,8-10,14,16,18H,3,6-7H2. The highest BCUT2D eigenvalue weighted by Gasteiger charge is 2.26. The molecule has 18 heavy (non-hydrogen) atoms. The lowest BCUT2D eigenvalue weighted by atomic mass is 10.0. The number of nitrogens with zero attached hydrogens (tertiary/aromatic N) is 1. The average Bonchev–Trinajstić information content (AvgIpc) is 2.86. The zero-order valence-electron chi connectivity index (χ0n) is 10.3. The number of hydrogen-bond acceptors (Lipinski definition) is 2. The Morgan fingerprint density at radius 1 is 1.06 bits per heavy atom. The topological polar surface area (TPSA) is 35.8 Å². The van der Waals surface area contributed by atoms with Gasteiger partial charge in [-0.1, -0.05) is 30.3 Å². The summed E-state index contributed by atoms with van der Waals surface area (Å²) < 4.78 is 0. The van der Waals surface area contributed by atoms with Crippen molar-refractivity contribution in [1.29, 1.82) is 5.26 Å². The van der Waals surface area contributed by atoms with E-state index >= 15 is 0 Å². The SMILES string of the molecule is N#CC1CCCC1Nc1ccc2ccccc2c1. The fourth-order valence-corrected chi connectivity index (χ4v) is 2.78. The van der Waals surface area contributed by atoms with Gasteiger partial charge in [-0.05, 0) is 42.2 Å². The molecule has 2 unspecified atom stereocenters. The van der Waals surface area contributed by atoms with Gasteiger partial charge >= 0.3 is 0 Å². The van der Waals surface area contributed by atoms with Crippen LogP contribution >= 0.6 is 0 Å². The molecule has 0 heterocycles. The summed E-state index contributed by atoms with van der Waals surface area (Å²) in [7, 11) is 0. The Bertz CT molecular complexity index is 597. The van der Waals surface area contributed by atoms with E-state index in [1.54, 1.807) is 0 Å². The predicted molar refractivity (Wildman–Crippen MR) is 74.3 cm³/mol. The van der Waals surface area contributed by atoms with Crippen LogP contribution in [0.1, 0.15) is 19.3 Å². The molecule has 0 amide bonds. The first-order chi connectivity index (χ1) is 8.86. The first kappa shape index (κ1) is 11.1. The van der Waals surface area contributed by atoms with Crippen molar-refractivity contribution >= 4 is 16.5 Å². The first-order valence-corrected chi connectivity index (χ1v) is 6.52. The van der Waals surface area contributed by atoms with Crippen LogP contribution in [0.3, 0.4) is 0 Å². The van der Waals surface area contributed by atoms with Gasteiger partial charge in [0.05, 0.1) is 12.0 Å². The van der Waals surface area contributed by atoms with Gasteiger partial charge in [0.25, 0.3) is 0 Å². The number of benzene rings is 2. The van der Waals surface area contributed by atoms with E-state index in [1.165, 1.54) is 10.8 Å². The summed E-state index contributed by atoms with van der Waals surface area (Å²) in [6.45, 7) is 0. The van der Waals surface area contributed by atoms with Crippen molar-refractivity contribution in [3.8, 4) is 6.07 Å². The van der Waals surface area contributed by atoms with Crippen LogP contribution < -0.4 is 5.32 Å². The zero-order valence-corrected chi connectivity index (χ0v) is 10.3. The number of hydrogen-bond donors (Lipinski definition) is 1. The third-order valence-corrected chi connectivity index (χ3v) is 3.78. The van der Waals surface area contributed by atoms with Crippen LogP contribution in [-0.2, 0) is 0 Å². The molecule has 1 aliphatic carbocycles. The minimum atomic E-state index is 0.163. The van der Waals surface area contributed by atoms with Gasteiger partial charge in [-0.3, -0.25) is 0 Å². The Morgan fingerprint density at radius 2 is 1.89 bits per heavy atom. The molecular weight excluding hydrogens is 220 g/mol. The molecule has 1 aliphatic rings. The molecule has 2 heteroatoms. The Morgan fingerprint density at radius 3 is 2.72 bits per heavy atom. The van der Waals surface area contributed by atoms with Crippen molar-refractivity contribution in [3.05, 3.63) is 42.5 Å². The molecule has 1 N–H and O–H groups in total. The molecule has 0 saturated heterocycles. The van der Waals surface area contributed by atoms with E-state index in [2.05, 4.69) is 53.9 Å². The van der Waals surface area contributed by atoms with Crippen LogP contribution in [0.25, 0.3) is 10.8 Å². The Balaban J connectivity index is 1.85. The van der Waals surface area contributed by atoms with Gasteiger partial charge in [-0.25, -0.2) is 0 Å². The largest absolute Gasteiger partial charge is 0.381 e. The Kier molecular flexibility index (Phi) is 2.90. The van der Waals surface area contributed by atoms with Crippen molar-refractivity contribution < 1.29 is 0 Å². The van der Waals surface area contributed by atoms with E-state index in [0.717, 1.165) is 24.9 Å². The first-order valence-electron chi connectivity index (χ1n) is 6.52. The van der Waals surface area contributed by atoms with E-state index in [4.69, 9.17) is 5.26 Å². The highest BCUT2D eigenvalue weighted by Crippen LogP contribution is 2.29. The van der Waals surface area contributed by atoms with Gasteiger partial charge in [0.15, 0.2) is 0 Å². The highest BCUT2D eigenvalue weighted by atomic mass is 14.9. The highest BCUT2D eigenvalue weighted by molar-refractivity contribution is 5.85. The molecule has 1 fully saturated rings. The molecule has 0 bridgehead atoms. The molecular formula is C16H16N2. The van der Waals surface area contributed by atoms with Crippen LogP contribution in [0.2, 0.25) is 0 Å². The molecule has 3 rings (SSSR count). The molecule has 0 aliphatic heterocycles. The quantitative estimate of drug-likeness (QED) is 0.857. The van der Waals surface area contributed by atoms with Crippen molar-refractivity contribution in [3.63, 3.8) is 0 Å². The van der Waals surface area contributed by atoms with E-state index in [1.807, 2.05) is 0 Å². The summed E-state index contributed by atoms with van der Waals surface area (Å²) in [5.41, 5.74) is 1.13. The minimum absolute atomic E-state index is 0.163. The van der Waals surface area contributed by atoms with E-state index in [-0.39, 0.29) is 5.92 Å². The number of anilines is 1. The van der Waals surface area contributed by atoms with Crippen molar-refractivity contribution in [2.45, 2.75) is 25.3 Å². The van der Waals surface area contributed by atoms with E-state index in [0.29, 0.717) is 6.04 Å². The summed E-state index contributed by atoms with van der Waals surface area (Å²) in [5.74, 6) is 0.163. The van der Waals surface area contributed by atoms with Crippen molar-refractivity contribution in [1.82, 2.24) is 0 Å². The lowest BCUT2D eigenvalue weighted by Gasteiger charge is -2.17. The lowest BCUT2D eigenvalue weighted by Crippen LogP contribution is -2.22. The maximum absolute atomic E-state index is 9.10. The third kappa shape index (κ3) is 2.04. The Labute approximate surface area is 107 Å². The summed E-state index contributed by atoms with van der Waals surface area (Å²) in [4.78, 5) is 0. The number of nitrogens with one attached hydrogen (secondary N) is 1. The van der Waals surface area contributed by atoms with E-state index < -0.39 is 0 Å². The molecule has 2 atom stereocenters. The van der Waals surface area contributed by atoms with Crippen LogP contribution in [0.5, 0.6) is 0 Å². The summed E-state index contributed by atoms with van der Waals surface area (Å²) in [6.07, 6.45) is 3.29. The molecule has 90 valence electrons. The minimum Gasteiger partial charge on any atom is -0.381 e. The lowest BCUT2D eigenvalue weighted by molar-refractivity contribution is 0.630. The van der Waals surface area contributed by atoms with Gasteiger partial charge in [0, 0.05) is 11.7 Å². The van der Waals surface area contributed by atoms with Gasteiger partial charge in [-0.2, -0.15) is 5.26 Å². The third-order valence-electron chi connectivity index (χ3n) is 3.78. The van der Waals surface area contributed by atoms with Crippen molar-refractivity contribution in [2.75, 3.05) is 5.32 Å². The molecule has 0 aromatic heterocycles. The molecule has 2 aromatic rings. The van der Waals surface area contributed by atoms with Crippen LogP contribution in [0.4, 0.5) is 5.69 Å². The summed E-state index contributed by atoms with van der Waals surface area (Å²) in [5, 5.41) is 15.1. The number of rotatable bonds is 2. The Hall–Kier alpha value is -2.01. The summed E-state index contributed by atoms with van der Waals surface area (Å²) >= 11 is 0. The maximum Gasteiger partial charge on any atom is 0.0677 e. The van der Waals surface area contributed by atoms with Gasteiger partial charge in [0.2, 0.25) is 0 Å². The molecule has 2 aromatic carbocycles. The second kappa shape index (κ2) is 4.70. The molecule has 0 radical (unpaired) electrons. The predicted octanol–water partition coefficient (Wildman–Crippen LogP) is 3.94. The second-order valence-electron chi connectivity index (χ2n) is 4.98. The molecule has 2 nitrogen and oxygen atoms in total.